The van der Waals surface area contributed by atoms with Gasteiger partial charge in [0.2, 0.25) is 0 Å². The molecule has 0 aliphatic carbocycles. The van der Waals surface area contributed by atoms with Crippen LogP contribution < -0.4 is 0 Å². The highest BCUT2D eigenvalue weighted by atomic mass is 16.1. The molecule has 2 N–H and O–H groups in total. The minimum absolute atomic E-state index is 0.227. The van der Waals surface area contributed by atoms with Crippen molar-refractivity contribution in [1.82, 2.24) is 19.9 Å². The molecule has 0 radical (unpaired) electrons. The van der Waals surface area contributed by atoms with Crippen molar-refractivity contribution in [1.29, 1.82) is 0 Å². The lowest BCUT2D eigenvalue weighted by atomic mass is 9.87. The number of H-pyrrole nitrogens is 2. The smallest absolute Gasteiger partial charge is 0.150 e. The molecule has 6 aromatic rings. The number of carbonyl (C=O) groups excluding carboxylic acids is 2. The lowest BCUT2D eigenvalue weighted by Gasteiger charge is -2.15. The molecule has 2 aliphatic heterocycles. The van der Waals surface area contributed by atoms with Crippen molar-refractivity contribution in [2.45, 2.75) is 32.6 Å². The van der Waals surface area contributed by atoms with Gasteiger partial charge in [0.05, 0.1) is 28.0 Å². The molecule has 254 valence electrons. The summed E-state index contributed by atoms with van der Waals surface area (Å²) in [6.07, 6.45) is 4.45. The van der Waals surface area contributed by atoms with Crippen LogP contribution in [0.5, 0.6) is 0 Å². The van der Waals surface area contributed by atoms with E-state index in [1.165, 1.54) is 5.56 Å². The highest BCUT2D eigenvalue weighted by Crippen LogP contribution is 2.35. The van der Waals surface area contributed by atoms with E-state index in [0.29, 0.717) is 11.1 Å². The fourth-order valence-corrected chi connectivity index (χ4v) is 6.59. The Kier molecular flexibility index (Phi) is 8.51. The first kappa shape index (κ1) is 33.1. The first-order valence-electron chi connectivity index (χ1n) is 17.4. The summed E-state index contributed by atoms with van der Waals surface area (Å²) in [7, 11) is 0. The van der Waals surface area contributed by atoms with E-state index in [1.54, 1.807) is 24.3 Å². The first-order valence-corrected chi connectivity index (χ1v) is 17.4. The topological polar surface area (TPSA) is 91.5 Å². The quantitative estimate of drug-likeness (QED) is 0.143. The number of aromatic nitrogens is 4. The monoisotopic (exact) mass is 686 g/mol. The Morgan fingerprint density at radius 1 is 0.660 bits per heavy atom. The largest absolute Gasteiger partial charge is 0.355 e. The summed E-state index contributed by atoms with van der Waals surface area (Å²) in [5.41, 5.74) is 14.4. The van der Waals surface area contributed by atoms with E-state index in [2.05, 4.69) is 121 Å². The number of hydrogen-bond donors (Lipinski definition) is 2. The second-order valence-electron chi connectivity index (χ2n) is 14.0. The summed E-state index contributed by atoms with van der Waals surface area (Å²) in [4.78, 5) is 40.0. The van der Waals surface area contributed by atoms with Gasteiger partial charge in [0.25, 0.3) is 0 Å². The van der Waals surface area contributed by atoms with Crippen LogP contribution in [-0.2, 0) is 11.8 Å². The van der Waals surface area contributed by atoms with Gasteiger partial charge in [-0.1, -0.05) is 91.6 Å². The molecule has 8 rings (SSSR count). The second kappa shape index (κ2) is 13.6. The van der Waals surface area contributed by atoms with Crippen LogP contribution in [0, 0.1) is 30.6 Å². The Balaban J connectivity index is 1.38. The highest BCUT2D eigenvalue weighted by molar-refractivity contribution is 5.98. The Bertz CT molecular complexity index is 2760. The molecule has 6 nitrogen and oxygen atoms in total. The molecular weight excluding hydrogens is 653 g/mol. The second-order valence-corrected chi connectivity index (χ2v) is 14.0. The Morgan fingerprint density at radius 2 is 1.32 bits per heavy atom. The Morgan fingerprint density at radius 3 is 2.00 bits per heavy atom. The number of aromatic amines is 2. The lowest BCUT2D eigenvalue weighted by Crippen LogP contribution is -2.14. The van der Waals surface area contributed by atoms with E-state index in [-0.39, 0.29) is 5.41 Å². The van der Waals surface area contributed by atoms with Gasteiger partial charge in [0.15, 0.2) is 0 Å². The minimum atomic E-state index is -0.227. The van der Waals surface area contributed by atoms with Gasteiger partial charge in [-0.3, -0.25) is 14.6 Å². The Labute approximate surface area is 307 Å². The minimum Gasteiger partial charge on any atom is -0.355 e. The molecule has 0 atom stereocenters. The number of nitrogens with one attached hydrogen (secondary N) is 2. The van der Waals surface area contributed by atoms with Crippen LogP contribution >= 0.6 is 0 Å². The average Bonchev–Trinajstić information content (AvgIpc) is 3.94. The number of fused-ring (bicyclic) bond motifs is 8. The van der Waals surface area contributed by atoms with Gasteiger partial charge in [-0.15, -0.1) is 0 Å². The van der Waals surface area contributed by atoms with Gasteiger partial charge in [0.1, 0.15) is 12.6 Å². The number of allylic oxidation sites excluding steroid dienone is 1. The van der Waals surface area contributed by atoms with Crippen molar-refractivity contribution < 1.29 is 9.59 Å². The van der Waals surface area contributed by atoms with Crippen LogP contribution in [-0.4, -0.2) is 32.5 Å². The zero-order chi connectivity index (χ0) is 36.5. The number of hydrogen-bond acceptors (Lipinski definition) is 4. The van der Waals surface area contributed by atoms with Gasteiger partial charge in [0, 0.05) is 67.6 Å². The van der Waals surface area contributed by atoms with Crippen molar-refractivity contribution in [2.24, 2.45) is 0 Å². The maximum Gasteiger partial charge on any atom is 0.150 e. The van der Waals surface area contributed by atoms with Gasteiger partial charge >= 0.3 is 0 Å². The predicted molar refractivity (Wildman–Crippen MR) is 212 cm³/mol. The molecule has 0 spiro atoms. The molecule has 0 saturated heterocycles. The summed E-state index contributed by atoms with van der Waals surface area (Å²) < 4.78 is 0. The third kappa shape index (κ3) is 7.00. The maximum atomic E-state index is 11.2. The molecule has 0 fully saturated rings. The number of benzene rings is 3. The highest BCUT2D eigenvalue weighted by Gasteiger charge is 2.29. The zero-order valence-corrected chi connectivity index (χ0v) is 29.5. The van der Waals surface area contributed by atoms with Gasteiger partial charge in [-0.25, -0.2) is 4.98 Å². The zero-order valence-electron chi connectivity index (χ0n) is 29.5. The first-order chi connectivity index (χ1) is 25.7. The van der Waals surface area contributed by atoms with Crippen LogP contribution in [0.15, 0.2) is 109 Å². The molecule has 3 aromatic carbocycles. The van der Waals surface area contributed by atoms with Gasteiger partial charge in [-0.05, 0) is 79.2 Å². The molecule has 5 heterocycles. The summed E-state index contributed by atoms with van der Waals surface area (Å²) >= 11 is 0. The molecule has 0 saturated carbocycles. The predicted octanol–water partition coefficient (Wildman–Crippen LogP) is 9.43. The third-order valence-electron chi connectivity index (χ3n) is 9.49. The molecule has 6 heteroatoms. The van der Waals surface area contributed by atoms with Crippen LogP contribution in [0.1, 0.15) is 79.6 Å². The van der Waals surface area contributed by atoms with E-state index >= 15 is 0 Å². The summed E-state index contributed by atoms with van der Waals surface area (Å²) in [5.74, 6) is 13.3. The van der Waals surface area contributed by atoms with E-state index in [9.17, 15) is 9.59 Å². The van der Waals surface area contributed by atoms with Crippen LogP contribution in [0.3, 0.4) is 0 Å². The lowest BCUT2D eigenvalue weighted by molar-refractivity contribution is 0.111. The average molecular weight is 687 g/mol. The van der Waals surface area contributed by atoms with Crippen molar-refractivity contribution in [2.75, 3.05) is 0 Å². The molecule has 2 aliphatic rings. The molecule has 53 heavy (non-hydrogen) atoms. The number of rotatable bonds is 3. The van der Waals surface area contributed by atoms with Crippen molar-refractivity contribution in [3.63, 3.8) is 0 Å². The van der Waals surface area contributed by atoms with Crippen LogP contribution in [0.2, 0.25) is 0 Å². The third-order valence-corrected chi connectivity index (χ3v) is 9.49. The summed E-state index contributed by atoms with van der Waals surface area (Å²) in [6, 6.07) is 35.4. The van der Waals surface area contributed by atoms with Crippen molar-refractivity contribution in [3.05, 3.63) is 165 Å². The number of aryl methyl sites for hydroxylation is 1. The number of carbonyl (C=O) groups is 2. The van der Waals surface area contributed by atoms with E-state index in [0.717, 1.165) is 97.2 Å². The Hall–Kier alpha value is -7.02. The van der Waals surface area contributed by atoms with E-state index < -0.39 is 0 Å². The fraction of sp³-hybridized carbons (Fsp3) is 0.106. The number of aldehydes is 2. The van der Waals surface area contributed by atoms with Crippen LogP contribution in [0.25, 0.3) is 44.8 Å². The van der Waals surface area contributed by atoms with Gasteiger partial charge in [-0.2, -0.15) is 0 Å². The molecule has 0 unspecified atom stereocenters. The molecule has 8 bridgehead atoms. The SMILES string of the molecule is Cc1ccc(-c2c3nc(cc4nc(cc5cc(C#Cc6ccc(C=O)cc6)c(cc6ccc2[nH]6)[nH]5)C(C)(C)C4)C(C#Cc2ccc(C=O)cc2)=C3)cc1. The standard InChI is InChI=1S/C47H34N4O2/c1-30-4-16-35(17-5-30)46-41-21-20-38(48-41)24-42-36(18-14-31-6-10-33(28-52)11-7-31)22-39(49-42)26-45-47(2,3)27-40(50-45)25-43-37(23-44(46)51-43)19-15-32-8-12-34(29-53)13-9-32/h4-13,16-17,20-26,28-29,48-49H,27H2,1-3H3. The van der Waals surface area contributed by atoms with Gasteiger partial charge < -0.3 is 9.97 Å². The maximum absolute atomic E-state index is 11.2. The normalized spacial score (nSPS) is 12.8. The fourth-order valence-electron chi connectivity index (χ4n) is 6.59. The van der Waals surface area contributed by atoms with Crippen LogP contribution in [0.4, 0.5) is 0 Å². The molecule has 3 aromatic heterocycles. The van der Waals surface area contributed by atoms with Crippen molar-refractivity contribution >= 4 is 46.3 Å². The molecule has 0 amide bonds. The van der Waals surface area contributed by atoms with E-state index in [1.807, 2.05) is 24.3 Å². The summed E-state index contributed by atoms with van der Waals surface area (Å²) in [5, 5.41) is 0. The summed E-state index contributed by atoms with van der Waals surface area (Å²) in [6.45, 7) is 6.48. The number of nitrogens with zero attached hydrogens (tertiary/aromatic N) is 2. The molecular formula is C47H34N4O2. The van der Waals surface area contributed by atoms with Crippen molar-refractivity contribution in [3.8, 4) is 34.8 Å². The van der Waals surface area contributed by atoms with E-state index in [4.69, 9.17) is 9.97 Å².